The Bertz CT molecular complexity index is 598. The van der Waals surface area contributed by atoms with Crippen LogP contribution in [0.25, 0.3) is 5.65 Å². The van der Waals surface area contributed by atoms with Crippen molar-refractivity contribution in [1.82, 2.24) is 14.6 Å². The SMILES string of the molecule is CC1(C)OCC(CNc2nc3ccc(F)cn3n2)O1. The van der Waals surface area contributed by atoms with Gasteiger partial charge in [0.25, 0.3) is 0 Å². The Morgan fingerprint density at radius 1 is 1.53 bits per heavy atom. The monoisotopic (exact) mass is 266 g/mol. The zero-order chi connectivity index (χ0) is 13.5. The average molecular weight is 266 g/mol. The third-order valence-corrected chi connectivity index (χ3v) is 2.85. The summed E-state index contributed by atoms with van der Waals surface area (Å²) in [5, 5.41) is 7.19. The van der Waals surface area contributed by atoms with Crippen LogP contribution in [0.4, 0.5) is 10.3 Å². The van der Waals surface area contributed by atoms with Gasteiger partial charge in [-0.1, -0.05) is 0 Å². The molecule has 0 saturated carbocycles. The molecular formula is C12H15FN4O2. The van der Waals surface area contributed by atoms with Crippen LogP contribution in [0.1, 0.15) is 13.8 Å². The van der Waals surface area contributed by atoms with Crippen molar-refractivity contribution >= 4 is 11.6 Å². The normalized spacial score (nSPS) is 21.9. The Kier molecular flexibility index (Phi) is 2.87. The number of anilines is 1. The summed E-state index contributed by atoms with van der Waals surface area (Å²) >= 11 is 0. The number of ether oxygens (including phenoxy) is 2. The van der Waals surface area contributed by atoms with Crippen molar-refractivity contribution in [2.24, 2.45) is 0 Å². The Balaban J connectivity index is 1.66. The Labute approximate surface area is 109 Å². The van der Waals surface area contributed by atoms with Gasteiger partial charge in [0.05, 0.1) is 12.8 Å². The fraction of sp³-hybridized carbons (Fsp3) is 0.500. The molecule has 2 aromatic rings. The van der Waals surface area contributed by atoms with Gasteiger partial charge in [0.2, 0.25) is 5.95 Å². The van der Waals surface area contributed by atoms with Crippen molar-refractivity contribution in [3.63, 3.8) is 0 Å². The molecule has 102 valence electrons. The third-order valence-electron chi connectivity index (χ3n) is 2.85. The molecule has 1 fully saturated rings. The molecule has 19 heavy (non-hydrogen) atoms. The molecular weight excluding hydrogens is 251 g/mol. The van der Waals surface area contributed by atoms with Crippen LogP contribution in [-0.4, -0.2) is 39.6 Å². The summed E-state index contributed by atoms with van der Waals surface area (Å²) in [6.07, 6.45) is 1.24. The number of rotatable bonds is 3. The second kappa shape index (κ2) is 4.43. The third kappa shape index (κ3) is 2.66. The molecule has 1 saturated heterocycles. The molecule has 0 bridgehead atoms. The Hall–Kier alpha value is -1.73. The van der Waals surface area contributed by atoms with E-state index in [2.05, 4.69) is 15.4 Å². The van der Waals surface area contributed by atoms with Crippen LogP contribution in [0.3, 0.4) is 0 Å². The van der Waals surface area contributed by atoms with E-state index < -0.39 is 5.79 Å². The molecule has 1 atom stereocenters. The molecule has 1 N–H and O–H groups in total. The van der Waals surface area contributed by atoms with E-state index in [1.54, 1.807) is 6.07 Å². The number of hydrogen-bond donors (Lipinski definition) is 1. The van der Waals surface area contributed by atoms with Crippen molar-refractivity contribution in [3.8, 4) is 0 Å². The molecule has 0 aliphatic carbocycles. The predicted octanol–water partition coefficient (Wildman–Crippen LogP) is 1.43. The standard InChI is InChI=1S/C12H15FN4O2/c1-12(2)18-7-9(19-12)5-14-11-15-10-4-3-8(13)6-17(10)16-11/h3-4,6,9H,5,7H2,1-2H3,(H,14,16). The van der Waals surface area contributed by atoms with Crippen LogP contribution < -0.4 is 5.32 Å². The van der Waals surface area contributed by atoms with Crippen LogP contribution in [-0.2, 0) is 9.47 Å². The summed E-state index contributed by atoms with van der Waals surface area (Å²) in [7, 11) is 0. The predicted molar refractivity (Wildman–Crippen MR) is 66.3 cm³/mol. The number of nitrogens with zero attached hydrogens (tertiary/aromatic N) is 3. The number of pyridine rings is 1. The van der Waals surface area contributed by atoms with E-state index >= 15 is 0 Å². The number of aromatic nitrogens is 3. The van der Waals surface area contributed by atoms with Gasteiger partial charge in [-0.05, 0) is 26.0 Å². The van der Waals surface area contributed by atoms with E-state index in [1.807, 2.05) is 13.8 Å². The minimum atomic E-state index is -0.540. The summed E-state index contributed by atoms with van der Waals surface area (Å²) in [6.45, 7) is 4.82. The lowest BCUT2D eigenvalue weighted by molar-refractivity contribution is -0.136. The van der Waals surface area contributed by atoms with E-state index in [0.717, 1.165) is 0 Å². The maximum atomic E-state index is 13.0. The summed E-state index contributed by atoms with van der Waals surface area (Å²) in [4.78, 5) is 4.23. The van der Waals surface area contributed by atoms with E-state index in [0.29, 0.717) is 24.7 Å². The van der Waals surface area contributed by atoms with Gasteiger partial charge in [0.15, 0.2) is 11.4 Å². The topological polar surface area (TPSA) is 60.7 Å². The zero-order valence-electron chi connectivity index (χ0n) is 10.8. The van der Waals surface area contributed by atoms with E-state index in [1.165, 1.54) is 16.8 Å². The lowest BCUT2D eigenvalue weighted by Gasteiger charge is -2.16. The van der Waals surface area contributed by atoms with Gasteiger partial charge in [0.1, 0.15) is 11.9 Å². The van der Waals surface area contributed by atoms with E-state index in [-0.39, 0.29) is 11.9 Å². The van der Waals surface area contributed by atoms with Gasteiger partial charge < -0.3 is 14.8 Å². The highest BCUT2D eigenvalue weighted by Gasteiger charge is 2.32. The zero-order valence-corrected chi connectivity index (χ0v) is 10.8. The van der Waals surface area contributed by atoms with Gasteiger partial charge >= 0.3 is 0 Å². The van der Waals surface area contributed by atoms with Crippen molar-refractivity contribution < 1.29 is 13.9 Å². The highest BCUT2D eigenvalue weighted by atomic mass is 19.1. The molecule has 3 rings (SSSR count). The fourth-order valence-corrected chi connectivity index (χ4v) is 2.00. The smallest absolute Gasteiger partial charge is 0.243 e. The number of halogens is 1. The molecule has 6 nitrogen and oxygen atoms in total. The number of nitrogens with one attached hydrogen (secondary N) is 1. The second-order valence-electron chi connectivity index (χ2n) is 4.92. The molecule has 1 aliphatic rings. The molecule has 7 heteroatoms. The minimum Gasteiger partial charge on any atom is -0.350 e. The highest BCUT2D eigenvalue weighted by Crippen LogP contribution is 2.22. The van der Waals surface area contributed by atoms with Gasteiger partial charge in [0, 0.05) is 6.54 Å². The average Bonchev–Trinajstić information content (AvgIpc) is 2.89. The molecule has 1 aliphatic heterocycles. The number of fused-ring (bicyclic) bond motifs is 1. The summed E-state index contributed by atoms with van der Waals surface area (Å²) < 4.78 is 25.5. The van der Waals surface area contributed by atoms with Gasteiger partial charge in [-0.25, -0.2) is 8.91 Å². The van der Waals surface area contributed by atoms with Crippen molar-refractivity contribution in [3.05, 3.63) is 24.1 Å². The highest BCUT2D eigenvalue weighted by molar-refractivity contribution is 5.43. The van der Waals surface area contributed by atoms with Gasteiger partial charge in [-0.2, -0.15) is 4.98 Å². The maximum Gasteiger partial charge on any atom is 0.243 e. The first-order chi connectivity index (χ1) is 9.02. The van der Waals surface area contributed by atoms with Gasteiger partial charge in [-0.3, -0.25) is 0 Å². The van der Waals surface area contributed by atoms with Crippen LogP contribution in [0, 0.1) is 5.82 Å². The largest absolute Gasteiger partial charge is 0.350 e. The summed E-state index contributed by atoms with van der Waals surface area (Å²) in [6, 6.07) is 2.93. The Morgan fingerprint density at radius 3 is 3.11 bits per heavy atom. The first-order valence-corrected chi connectivity index (χ1v) is 6.09. The molecule has 1 unspecified atom stereocenters. The molecule has 0 radical (unpaired) electrons. The second-order valence-corrected chi connectivity index (χ2v) is 4.92. The quantitative estimate of drug-likeness (QED) is 0.910. The van der Waals surface area contributed by atoms with Gasteiger partial charge in [-0.15, -0.1) is 5.10 Å². The van der Waals surface area contributed by atoms with E-state index in [9.17, 15) is 4.39 Å². The summed E-state index contributed by atoms with van der Waals surface area (Å²) in [5.41, 5.74) is 0.591. The van der Waals surface area contributed by atoms with Crippen molar-refractivity contribution in [1.29, 1.82) is 0 Å². The Morgan fingerprint density at radius 2 is 2.37 bits per heavy atom. The lowest BCUT2D eigenvalue weighted by atomic mass is 10.4. The van der Waals surface area contributed by atoms with Crippen molar-refractivity contribution in [2.45, 2.75) is 25.7 Å². The maximum absolute atomic E-state index is 13.0. The van der Waals surface area contributed by atoms with Crippen LogP contribution in [0.15, 0.2) is 18.3 Å². The van der Waals surface area contributed by atoms with E-state index in [4.69, 9.17) is 9.47 Å². The van der Waals surface area contributed by atoms with Crippen LogP contribution >= 0.6 is 0 Å². The molecule has 2 aromatic heterocycles. The molecule has 3 heterocycles. The lowest BCUT2D eigenvalue weighted by Crippen LogP contribution is -2.26. The molecule has 0 spiro atoms. The molecule has 0 amide bonds. The fourth-order valence-electron chi connectivity index (χ4n) is 2.00. The van der Waals surface area contributed by atoms with Crippen LogP contribution in [0.2, 0.25) is 0 Å². The first kappa shape index (κ1) is 12.3. The minimum absolute atomic E-state index is 0.0432. The first-order valence-electron chi connectivity index (χ1n) is 6.09. The summed E-state index contributed by atoms with van der Waals surface area (Å²) in [5.74, 6) is -0.445. The number of hydrogen-bond acceptors (Lipinski definition) is 5. The van der Waals surface area contributed by atoms with Crippen LogP contribution in [0.5, 0.6) is 0 Å². The molecule has 0 aromatic carbocycles. The van der Waals surface area contributed by atoms with Crippen molar-refractivity contribution in [2.75, 3.05) is 18.5 Å².